The van der Waals surface area contributed by atoms with Gasteiger partial charge in [-0.2, -0.15) is 0 Å². The largest absolute Gasteiger partial charge is 0.508 e. The summed E-state index contributed by atoms with van der Waals surface area (Å²) in [5, 5.41) is 10.2. The van der Waals surface area contributed by atoms with Crippen molar-refractivity contribution in [3.05, 3.63) is 23.8 Å². The lowest BCUT2D eigenvalue weighted by Gasteiger charge is -2.37. The van der Waals surface area contributed by atoms with Crippen LogP contribution in [0, 0.1) is 0 Å². The molecule has 3 N–H and O–H groups in total. The molecule has 1 aliphatic rings. The van der Waals surface area contributed by atoms with Crippen molar-refractivity contribution in [3.63, 3.8) is 0 Å². The highest BCUT2D eigenvalue weighted by Crippen LogP contribution is 2.43. The summed E-state index contributed by atoms with van der Waals surface area (Å²) < 4.78 is 0. The summed E-state index contributed by atoms with van der Waals surface area (Å²) in [5.41, 5.74) is 7.06. The molecule has 0 amide bonds. The van der Waals surface area contributed by atoms with Crippen LogP contribution in [-0.4, -0.2) is 17.9 Å². The van der Waals surface area contributed by atoms with Crippen molar-refractivity contribution in [1.82, 2.24) is 0 Å². The van der Waals surface area contributed by atoms with E-state index >= 15 is 0 Å². The maximum Gasteiger partial charge on any atom is 0.120 e. The van der Waals surface area contributed by atoms with Gasteiger partial charge in [0, 0.05) is 22.4 Å². The Morgan fingerprint density at radius 1 is 1.29 bits per heavy atom. The Kier molecular flexibility index (Phi) is 4.00. The molecule has 2 nitrogen and oxygen atoms in total. The third kappa shape index (κ3) is 2.45. The van der Waals surface area contributed by atoms with Gasteiger partial charge in [0.25, 0.3) is 0 Å². The molecule has 0 bridgehead atoms. The van der Waals surface area contributed by atoms with E-state index in [1.165, 1.54) is 19.3 Å². The standard InChI is InChI=1S/C14H21NOS/c1-17-11-5-6-12(13(16)9-11)14(10-15)7-3-2-4-8-14/h5-6,9,16H,2-4,7-8,10,15H2,1H3. The average molecular weight is 251 g/mol. The Hall–Kier alpha value is -0.670. The van der Waals surface area contributed by atoms with E-state index in [0.29, 0.717) is 12.3 Å². The molecule has 0 atom stereocenters. The number of nitrogens with two attached hydrogens (primary N) is 1. The molecule has 0 saturated heterocycles. The predicted molar refractivity (Wildman–Crippen MR) is 73.7 cm³/mol. The second-order valence-electron chi connectivity index (χ2n) is 4.93. The van der Waals surface area contributed by atoms with Gasteiger partial charge in [-0.1, -0.05) is 25.3 Å². The van der Waals surface area contributed by atoms with Gasteiger partial charge in [-0.25, -0.2) is 0 Å². The van der Waals surface area contributed by atoms with E-state index in [2.05, 4.69) is 12.1 Å². The van der Waals surface area contributed by atoms with Gasteiger partial charge in [0.2, 0.25) is 0 Å². The van der Waals surface area contributed by atoms with Crippen molar-refractivity contribution in [2.75, 3.05) is 12.8 Å². The van der Waals surface area contributed by atoms with E-state index in [1.54, 1.807) is 11.8 Å². The van der Waals surface area contributed by atoms with Crippen LogP contribution >= 0.6 is 11.8 Å². The molecule has 0 unspecified atom stereocenters. The minimum absolute atomic E-state index is 0.0132. The fourth-order valence-electron chi connectivity index (χ4n) is 2.90. The van der Waals surface area contributed by atoms with E-state index in [4.69, 9.17) is 5.73 Å². The van der Waals surface area contributed by atoms with Crippen LogP contribution in [-0.2, 0) is 5.41 Å². The van der Waals surface area contributed by atoms with Crippen LogP contribution in [0.25, 0.3) is 0 Å². The predicted octanol–water partition coefficient (Wildman–Crippen LogP) is 3.27. The third-order valence-electron chi connectivity index (χ3n) is 3.98. The number of benzene rings is 1. The van der Waals surface area contributed by atoms with Crippen LogP contribution in [0.3, 0.4) is 0 Å². The molecule has 1 fully saturated rings. The Balaban J connectivity index is 2.36. The smallest absolute Gasteiger partial charge is 0.120 e. The maximum atomic E-state index is 10.2. The van der Waals surface area contributed by atoms with Crippen molar-refractivity contribution >= 4 is 11.8 Å². The summed E-state index contributed by atoms with van der Waals surface area (Å²) >= 11 is 1.65. The molecule has 1 aromatic carbocycles. The fourth-order valence-corrected chi connectivity index (χ4v) is 3.33. The van der Waals surface area contributed by atoms with Crippen LogP contribution < -0.4 is 5.73 Å². The Labute approximate surface area is 108 Å². The van der Waals surface area contributed by atoms with E-state index < -0.39 is 0 Å². The molecule has 0 spiro atoms. The van der Waals surface area contributed by atoms with Crippen molar-refractivity contribution < 1.29 is 5.11 Å². The molecule has 17 heavy (non-hydrogen) atoms. The summed E-state index contributed by atoms with van der Waals surface area (Å²) in [6.07, 6.45) is 7.98. The lowest BCUT2D eigenvalue weighted by Crippen LogP contribution is -2.37. The van der Waals surface area contributed by atoms with Crippen LogP contribution in [0.15, 0.2) is 23.1 Å². The average Bonchev–Trinajstić information content (AvgIpc) is 2.39. The Bertz CT molecular complexity index is 386. The molecule has 1 aromatic rings. The van der Waals surface area contributed by atoms with Gasteiger partial charge in [0.05, 0.1) is 0 Å². The zero-order valence-electron chi connectivity index (χ0n) is 10.4. The number of phenols is 1. The first-order chi connectivity index (χ1) is 8.22. The van der Waals surface area contributed by atoms with E-state index in [1.807, 2.05) is 12.3 Å². The molecule has 0 aliphatic heterocycles. The molecule has 0 heterocycles. The van der Waals surface area contributed by atoms with Crippen LogP contribution in [0.1, 0.15) is 37.7 Å². The number of thioether (sulfide) groups is 1. The normalized spacial score (nSPS) is 19.2. The summed E-state index contributed by atoms with van der Waals surface area (Å²) in [5.74, 6) is 0.421. The minimum Gasteiger partial charge on any atom is -0.508 e. The van der Waals surface area contributed by atoms with Gasteiger partial charge in [-0.3, -0.25) is 0 Å². The lowest BCUT2D eigenvalue weighted by molar-refractivity contribution is 0.290. The number of hydrogen-bond donors (Lipinski definition) is 2. The fraction of sp³-hybridized carbons (Fsp3) is 0.571. The monoisotopic (exact) mass is 251 g/mol. The van der Waals surface area contributed by atoms with Crippen LogP contribution in [0.5, 0.6) is 5.75 Å². The number of phenolic OH excluding ortho intramolecular Hbond substituents is 1. The van der Waals surface area contributed by atoms with E-state index in [0.717, 1.165) is 23.3 Å². The lowest BCUT2D eigenvalue weighted by atomic mass is 9.69. The summed E-state index contributed by atoms with van der Waals surface area (Å²) in [6.45, 7) is 0.638. The van der Waals surface area contributed by atoms with Crippen LogP contribution in [0.2, 0.25) is 0 Å². The SMILES string of the molecule is CSc1ccc(C2(CN)CCCCC2)c(O)c1. The van der Waals surface area contributed by atoms with Crippen molar-refractivity contribution in [2.24, 2.45) is 5.73 Å². The zero-order chi connectivity index (χ0) is 12.3. The van der Waals surface area contributed by atoms with Gasteiger partial charge in [0.15, 0.2) is 0 Å². The summed E-state index contributed by atoms with van der Waals surface area (Å²) in [6, 6.07) is 6.02. The molecule has 3 heteroatoms. The minimum atomic E-state index is 0.0132. The second-order valence-corrected chi connectivity index (χ2v) is 5.81. The molecule has 94 valence electrons. The first-order valence-electron chi connectivity index (χ1n) is 6.29. The first kappa shape index (κ1) is 12.8. The molecule has 1 saturated carbocycles. The Morgan fingerprint density at radius 2 is 2.00 bits per heavy atom. The first-order valence-corrected chi connectivity index (χ1v) is 7.52. The quantitative estimate of drug-likeness (QED) is 0.810. The van der Waals surface area contributed by atoms with Gasteiger partial charge in [-0.15, -0.1) is 11.8 Å². The topological polar surface area (TPSA) is 46.2 Å². The molecular weight excluding hydrogens is 230 g/mol. The summed E-state index contributed by atoms with van der Waals surface area (Å²) in [4.78, 5) is 1.11. The third-order valence-corrected chi connectivity index (χ3v) is 4.70. The molecule has 1 aliphatic carbocycles. The van der Waals surface area contributed by atoms with Gasteiger partial charge in [0.1, 0.15) is 5.75 Å². The summed E-state index contributed by atoms with van der Waals surface area (Å²) in [7, 11) is 0. The van der Waals surface area contributed by atoms with E-state index in [-0.39, 0.29) is 5.41 Å². The van der Waals surface area contributed by atoms with Crippen molar-refractivity contribution in [3.8, 4) is 5.75 Å². The molecular formula is C14H21NOS. The maximum absolute atomic E-state index is 10.2. The highest BCUT2D eigenvalue weighted by Gasteiger charge is 2.34. The highest BCUT2D eigenvalue weighted by atomic mass is 32.2. The molecule has 0 radical (unpaired) electrons. The van der Waals surface area contributed by atoms with E-state index in [9.17, 15) is 5.11 Å². The number of hydrogen-bond acceptors (Lipinski definition) is 3. The van der Waals surface area contributed by atoms with Crippen molar-refractivity contribution in [1.29, 1.82) is 0 Å². The molecule has 0 aromatic heterocycles. The van der Waals surface area contributed by atoms with Gasteiger partial charge < -0.3 is 10.8 Å². The zero-order valence-corrected chi connectivity index (χ0v) is 11.2. The highest BCUT2D eigenvalue weighted by molar-refractivity contribution is 7.98. The van der Waals surface area contributed by atoms with Crippen LogP contribution in [0.4, 0.5) is 0 Å². The van der Waals surface area contributed by atoms with Gasteiger partial charge >= 0.3 is 0 Å². The van der Waals surface area contributed by atoms with Crippen molar-refractivity contribution in [2.45, 2.75) is 42.4 Å². The number of aromatic hydroxyl groups is 1. The second kappa shape index (κ2) is 5.32. The van der Waals surface area contributed by atoms with Gasteiger partial charge in [-0.05, 0) is 31.2 Å². The molecule has 2 rings (SSSR count). The number of rotatable bonds is 3. The Morgan fingerprint density at radius 3 is 2.53 bits per heavy atom.